The van der Waals surface area contributed by atoms with Gasteiger partial charge in [0.05, 0.1) is 19.3 Å². The number of piperazine rings is 1. The van der Waals surface area contributed by atoms with E-state index in [1.807, 2.05) is 31.2 Å². The molecule has 0 spiro atoms. The summed E-state index contributed by atoms with van der Waals surface area (Å²) in [4.78, 5) is 17.3. The molecule has 5 nitrogen and oxygen atoms in total. The second kappa shape index (κ2) is 8.53. The minimum atomic E-state index is 0.0438. The summed E-state index contributed by atoms with van der Waals surface area (Å²) >= 11 is 0. The molecule has 0 aliphatic carbocycles. The van der Waals surface area contributed by atoms with E-state index in [1.54, 1.807) is 7.11 Å². The molecule has 0 saturated carbocycles. The van der Waals surface area contributed by atoms with Crippen LogP contribution in [0.3, 0.4) is 0 Å². The lowest BCUT2D eigenvalue weighted by Crippen LogP contribution is -2.48. The Hall–Kier alpha value is -3.05. The van der Waals surface area contributed by atoms with Crippen molar-refractivity contribution in [2.45, 2.75) is 6.92 Å². The minimum absolute atomic E-state index is 0.0438. The molecule has 5 heteroatoms. The lowest BCUT2D eigenvalue weighted by molar-refractivity contribution is -0.117. The van der Waals surface area contributed by atoms with Crippen molar-refractivity contribution < 1.29 is 9.53 Å². The number of amides is 1. The van der Waals surface area contributed by atoms with E-state index < -0.39 is 0 Å². The standard InChI is InChI=1S/C24H27N3O2/c1-18-7-8-19-5-3-4-6-22(19)24(18)25-23(28)17-26-13-15-27(16-14-26)20-9-11-21(29-2)12-10-20/h3-12H,13-17H2,1-2H3,(H,25,28). The number of anilines is 2. The summed E-state index contributed by atoms with van der Waals surface area (Å²) in [7, 11) is 1.68. The Morgan fingerprint density at radius 3 is 2.41 bits per heavy atom. The van der Waals surface area contributed by atoms with Crippen LogP contribution in [0.4, 0.5) is 11.4 Å². The maximum Gasteiger partial charge on any atom is 0.238 e. The van der Waals surface area contributed by atoms with Gasteiger partial charge >= 0.3 is 0 Å². The molecule has 0 aromatic heterocycles. The third kappa shape index (κ3) is 4.35. The number of fused-ring (bicyclic) bond motifs is 1. The predicted molar refractivity (Wildman–Crippen MR) is 119 cm³/mol. The first-order valence-electron chi connectivity index (χ1n) is 10.0. The van der Waals surface area contributed by atoms with E-state index in [-0.39, 0.29) is 5.91 Å². The molecule has 1 aliphatic rings. The van der Waals surface area contributed by atoms with Gasteiger partial charge in [-0.15, -0.1) is 0 Å². The SMILES string of the molecule is COc1ccc(N2CCN(CC(=O)Nc3c(C)ccc4ccccc34)CC2)cc1. The molecule has 0 bridgehead atoms. The van der Waals surface area contributed by atoms with Gasteiger partial charge in [-0.05, 0) is 42.1 Å². The average molecular weight is 389 g/mol. The molecular weight excluding hydrogens is 362 g/mol. The highest BCUT2D eigenvalue weighted by Crippen LogP contribution is 2.27. The highest BCUT2D eigenvalue weighted by atomic mass is 16.5. The van der Waals surface area contributed by atoms with Gasteiger partial charge in [0.25, 0.3) is 0 Å². The van der Waals surface area contributed by atoms with Crippen LogP contribution in [0.5, 0.6) is 5.75 Å². The summed E-state index contributed by atoms with van der Waals surface area (Å²) in [5, 5.41) is 5.38. The van der Waals surface area contributed by atoms with Crippen LogP contribution in [-0.2, 0) is 4.79 Å². The molecule has 1 aliphatic heterocycles. The van der Waals surface area contributed by atoms with Crippen LogP contribution in [0.25, 0.3) is 10.8 Å². The molecule has 1 saturated heterocycles. The van der Waals surface area contributed by atoms with Crippen LogP contribution in [0.1, 0.15) is 5.56 Å². The van der Waals surface area contributed by atoms with Crippen LogP contribution in [0, 0.1) is 6.92 Å². The molecule has 0 unspecified atom stereocenters. The summed E-state index contributed by atoms with van der Waals surface area (Å²) in [5.74, 6) is 0.912. The van der Waals surface area contributed by atoms with Gasteiger partial charge in [-0.25, -0.2) is 0 Å². The normalized spacial score (nSPS) is 14.8. The Kier molecular flexibility index (Phi) is 5.67. The maximum atomic E-state index is 12.7. The van der Waals surface area contributed by atoms with Crippen LogP contribution < -0.4 is 15.0 Å². The Bertz CT molecular complexity index is 993. The highest BCUT2D eigenvalue weighted by Gasteiger charge is 2.20. The quantitative estimate of drug-likeness (QED) is 0.718. The van der Waals surface area contributed by atoms with Gasteiger partial charge in [0.2, 0.25) is 5.91 Å². The van der Waals surface area contributed by atoms with E-state index in [2.05, 4.69) is 51.5 Å². The highest BCUT2D eigenvalue weighted by molar-refractivity contribution is 6.04. The number of nitrogens with one attached hydrogen (secondary N) is 1. The number of aryl methyl sites for hydroxylation is 1. The van der Waals surface area contributed by atoms with Gasteiger partial charge < -0.3 is 15.0 Å². The van der Waals surface area contributed by atoms with Gasteiger partial charge in [0, 0.05) is 37.3 Å². The summed E-state index contributed by atoms with van der Waals surface area (Å²) in [5.41, 5.74) is 3.20. The Morgan fingerprint density at radius 1 is 0.966 bits per heavy atom. The molecule has 3 aromatic carbocycles. The van der Waals surface area contributed by atoms with Crippen molar-refractivity contribution >= 4 is 28.1 Å². The average Bonchev–Trinajstić information content (AvgIpc) is 2.76. The van der Waals surface area contributed by atoms with Crippen molar-refractivity contribution in [2.75, 3.05) is 50.1 Å². The van der Waals surface area contributed by atoms with E-state index in [9.17, 15) is 4.79 Å². The fourth-order valence-corrected chi connectivity index (χ4v) is 3.89. The summed E-state index contributed by atoms with van der Waals surface area (Å²) in [6.07, 6.45) is 0. The van der Waals surface area contributed by atoms with Gasteiger partial charge in [-0.2, -0.15) is 0 Å². The van der Waals surface area contributed by atoms with Crippen molar-refractivity contribution in [1.82, 2.24) is 4.90 Å². The molecule has 0 radical (unpaired) electrons. The van der Waals surface area contributed by atoms with E-state index in [1.165, 1.54) is 5.69 Å². The molecular formula is C24H27N3O2. The third-order valence-corrected chi connectivity index (χ3v) is 5.58. The number of nitrogens with zero attached hydrogens (tertiary/aromatic N) is 2. The molecule has 1 heterocycles. The first kappa shape index (κ1) is 19.3. The molecule has 1 N–H and O–H groups in total. The zero-order valence-electron chi connectivity index (χ0n) is 17.0. The van der Waals surface area contributed by atoms with Crippen LogP contribution in [-0.4, -0.2) is 50.6 Å². The van der Waals surface area contributed by atoms with E-state index in [4.69, 9.17) is 4.74 Å². The van der Waals surface area contributed by atoms with E-state index in [0.717, 1.165) is 54.0 Å². The number of methoxy groups -OCH3 is 1. The zero-order chi connectivity index (χ0) is 20.2. The smallest absolute Gasteiger partial charge is 0.238 e. The first-order chi connectivity index (χ1) is 14.1. The number of rotatable bonds is 5. The van der Waals surface area contributed by atoms with Crippen LogP contribution in [0.15, 0.2) is 60.7 Å². The third-order valence-electron chi connectivity index (χ3n) is 5.58. The minimum Gasteiger partial charge on any atom is -0.497 e. The molecule has 4 rings (SSSR count). The van der Waals surface area contributed by atoms with Crippen molar-refractivity contribution in [3.63, 3.8) is 0 Å². The molecule has 150 valence electrons. The van der Waals surface area contributed by atoms with Gasteiger partial charge in [-0.1, -0.05) is 36.4 Å². The van der Waals surface area contributed by atoms with Crippen LogP contribution >= 0.6 is 0 Å². The van der Waals surface area contributed by atoms with E-state index in [0.29, 0.717) is 6.54 Å². The lowest BCUT2D eigenvalue weighted by Gasteiger charge is -2.35. The lowest BCUT2D eigenvalue weighted by atomic mass is 10.0. The number of benzene rings is 3. The molecule has 1 fully saturated rings. The second-order valence-electron chi connectivity index (χ2n) is 7.49. The summed E-state index contributed by atoms with van der Waals surface area (Å²) in [6.45, 7) is 6.01. The monoisotopic (exact) mass is 389 g/mol. The molecule has 1 amide bonds. The van der Waals surface area contributed by atoms with E-state index >= 15 is 0 Å². The topological polar surface area (TPSA) is 44.8 Å². The Labute approximate surface area is 171 Å². The van der Waals surface area contributed by atoms with Crippen LogP contribution in [0.2, 0.25) is 0 Å². The Balaban J connectivity index is 1.35. The van der Waals surface area contributed by atoms with Crippen molar-refractivity contribution in [2.24, 2.45) is 0 Å². The van der Waals surface area contributed by atoms with Gasteiger partial charge in [-0.3, -0.25) is 9.69 Å². The fraction of sp³-hybridized carbons (Fsp3) is 0.292. The fourth-order valence-electron chi connectivity index (χ4n) is 3.89. The molecule has 3 aromatic rings. The number of carbonyl (C=O) groups excluding carboxylic acids is 1. The second-order valence-corrected chi connectivity index (χ2v) is 7.49. The van der Waals surface area contributed by atoms with Crippen molar-refractivity contribution in [3.8, 4) is 5.75 Å². The Morgan fingerprint density at radius 2 is 1.69 bits per heavy atom. The number of hydrogen-bond acceptors (Lipinski definition) is 4. The number of ether oxygens (including phenoxy) is 1. The first-order valence-corrected chi connectivity index (χ1v) is 10.0. The maximum absolute atomic E-state index is 12.7. The molecule has 0 atom stereocenters. The zero-order valence-corrected chi connectivity index (χ0v) is 17.0. The van der Waals surface area contributed by atoms with Gasteiger partial charge in [0.15, 0.2) is 0 Å². The predicted octanol–water partition coefficient (Wildman–Crippen LogP) is 3.92. The molecule has 29 heavy (non-hydrogen) atoms. The van der Waals surface area contributed by atoms with Crippen molar-refractivity contribution in [1.29, 1.82) is 0 Å². The number of carbonyl (C=O) groups is 1. The summed E-state index contributed by atoms with van der Waals surface area (Å²) in [6, 6.07) is 20.5. The van der Waals surface area contributed by atoms with Gasteiger partial charge in [0.1, 0.15) is 5.75 Å². The largest absolute Gasteiger partial charge is 0.497 e. The summed E-state index contributed by atoms with van der Waals surface area (Å²) < 4.78 is 5.23. The van der Waals surface area contributed by atoms with Crippen molar-refractivity contribution in [3.05, 3.63) is 66.2 Å². The number of hydrogen-bond donors (Lipinski definition) is 1.